The molecule has 0 aromatic carbocycles. The molecule has 1 radical (unpaired) electrons. The molecular formula is C12H25O9Se. The van der Waals surface area contributed by atoms with Crippen LogP contribution in [0.25, 0.3) is 0 Å². The minimum absolute atomic E-state index is 0.000483. The number of aliphatic hydroxyl groups excluding tert-OH is 9. The van der Waals surface area contributed by atoms with E-state index in [4.69, 9.17) is 5.11 Å². The van der Waals surface area contributed by atoms with Gasteiger partial charge in [0.25, 0.3) is 0 Å². The fourth-order valence-corrected chi connectivity index (χ4v) is 8.02. The van der Waals surface area contributed by atoms with E-state index in [1.165, 1.54) is 0 Å². The van der Waals surface area contributed by atoms with E-state index in [1.54, 1.807) is 0 Å². The van der Waals surface area contributed by atoms with Crippen molar-refractivity contribution in [3.05, 3.63) is 0 Å². The van der Waals surface area contributed by atoms with E-state index >= 15 is 0 Å². The molecule has 0 saturated carbocycles. The second kappa shape index (κ2) is 8.86. The molecule has 8 atom stereocenters. The molecule has 0 bridgehead atoms. The molecule has 0 unspecified atom stereocenters. The monoisotopic (exact) mass is 393 g/mol. The summed E-state index contributed by atoms with van der Waals surface area (Å²) in [5.74, 6) is 0. The van der Waals surface area contributed by atoms with E-state index in [9.17, 15) is 40.9 Å². The Bertz CT molecular complexity index is 334. The first-order valence-corrected chi connectivity index (χ1v) is 10.3. The fraction of sp³-hybridized carbons (Fsp3) is 1.00. The molecule has 0 spiro atoms. The van der Waals surface area contributed by atoms with Gasteiger partial charge in [0.15, 0.2) is 0 Å². The molecule has 1 aliphatic rings. The van der Waals surface area contributed by atoms with Crippen molar-refractivity contribution in [2.75, 3.05) is 13.2 Å². The third kappa shape index (κ3) is 4.59. The van der Waals surface area contributed by atoms with Crippen LogP contribution in [0.1, 0.15) is 0 Å². The number of rotatable bonds is 8. The average Bonchev–Trinajstić information content (AvgIpc) is 2.77. The van der Waals surface area contributed by atoms with Crippen molar-refractivity contribution in [1.82, 2.24) is 0 Å². The Morgan fingerprint density at radius 2 is 1.41 bits per heavy atom. The van der Waals surface area contributed by atoms with E-state index in [2.05, 4.69) is 0 Å². The molecule has 0 amide bonds. The topological polar surface area (TPSA) is 182 Å². The molecule has 0 aromatic rings. The van der Waals surface area contributed by atoms with Crippen molar-refractivity contribution in [2.45, 2.75) is 58.2 Å². The molecule has 1 rings (SSSR count). The molecule has 9 nitrogen and oxygen atoms in total. The van der Waals surface area contributed by atoms with Gasteiger partial charge in [-0.1, -0.05) is 0 Å². The van der Waals surface area contributed by atoms with Crippen molar-refractivity contribution in [3.63, 3.8) is 0 Å². The van der Waals surface area contributed by atoms with Crippen LogP contribution in [-0.2, 0) is 0 Å². The van der Waals surface area contributed by atoms with Crippen molar-refractivity contribution in [2.24, 2.45) is 0 Å². The van der Waals surface area contributed by atoms with Crippen molar-refractivity contribution < 1.29 is 46.0 Å². The molecule has 10 heteroatoms. The number of hydrogen-bond donors (Lipinski definition) is 9. The molecule has 9 N–H and O–H groups in total. The van der Waals surface area contributed by atoms with Crippen LogP contribution in [0.15, 0.2) is 0 Å². The van der Waals surface area contributed by atoms with E-state index in [0.29, 0.717) is 0 Å². The van der Waals surface area contributed by atoms with E-state index < -0.39 is 68.1 Å². The van der Waals surface area contributed by atoms with Crippen LogP contribution in [0, 0.1) is 0 Å². The van der Waals surface area contributed by atoms with E-state index in [-0.39, 0.29) is 17.2 Å². The summed E-state index contributed by atoms with van der Waals surface area (Å²) >= 11 is -1.84. The molecule has 1 aliphatic heterocycles. The van der Waals surface area contributed by atoms with Crippen molar-refractivity contribution >= 4 is 13.9 Å². The Hall–Kier alpha value is 0.159. The SMILES string of the molecule is OC[C@@H]1[C@@H](O)[C@H](O)C[Se]1C[C@@H](O)[C@@H](O)[C@H](O)[C@H](O)[C@@H](O)CO. The van der Waals surface area contributed by atoms with Gasteiger partial charge in [0.2, 0.25) is 0 Å². The second-order valence-corrected chi connectivity index (χ2v) is 10.4. The van der Waals surface area contributed by atoms with Crippen molar-refractivity contribution in [1.29, 1.82) is 0 Å². The Morgan fingerprint density at radius 1 is 0.864 bits per heavy atom. The molecule has 22 heavy (non-hydrogen) atoms. The van der Waals surface area contributed by atoms with Gasteiger partial charge in [-0.3, -0.25) is 0 Å². The number of hydrogen-bond acceptors (Lipinski definition) is 9. The zero-order valence-corrected chi connectivity index (χ0v) is 13.6. The van der Waals surface area contributed by atoms with Crippen LogP contribution in [0.3, 0.4) is 0 Å². The van der Waals surface area contributed by atoms with Gasteiger partial charge in [-0.2, -0.15) is 0 Å². The van der Waals surface area contributed by atoms with Crippen LogP contribution < -0.4 is 0 Å². The zero-order valence-electron chi connectivity index (χ0n) is 11.9. The first kappa shape index (κ1) is 20.2. The van der Waals surface area contributed by atoms with Crippen LogP contribution in [-0.4, -0.2) is 116 Å². The molecule has 0 aromatic heterocycles. The second-order valence-electron chi connectivity index (χ2n) is 5.44. The molecular weight excluding hydrogens is 367 g/mol. The zero-order chi connectivity index (χ0) is 17.0. The maximum absolute atomic E-state index is 9.96. The van der Waals surface area contributed by atoms with Gasteiger partial charge in [-0.05, 0) is 0 Å². The third-order valence-electron chi connectivity index (χ3n) is 3.83. The molecule has 0 aliphatic carbocycles. The maximum atomic E-state index is 9.96. The van der Waals surface area contributed by atoms with Crippen LogP contribution >= 0.6 is 0 Å². The van der Waals surface area contributed by atoms with Crippen molar-refractivity contribution in [3.8, 4) is 0 Å². The summed E-state index contributed by atoms with van der Waals surface area (Å²) in [6.07, 6.45) is -10.6. The van der Waals surface area contributed by atoms with E-state index in [0.717, 1.165) is 0 Å². The van der Waals surface area contributed by atoms with Gasteiger partial charge in [-0.15, -0.1) is 0 Å². The molecule has 133 valence electrons. The Kier molecular flexibility index (Phi) is 8.13. The van der Waals surface area contributed by atoms with Gasteiger partial charge in [0.05, 0.1) is 0 Å². The normalized spacial score (nSPS) is 33.4. The van der Waals surface area contributed by atoms with Crippen LogP contribution in [0.4, 0.5) is 0 Å². The van der Waals surface area contributed by atoms with Crippen LogP contribution in [0.2, 0.25) is 15.5 Å². The molecule has 1 saturated heterocycles. The Balaban J connectivity index is 2.62. The van der Waals surface area contributed by atoms with Gasteiger partial charge >= 0.3 is 131 Å². The summed E-state index contributed by atoms with van der Waals surface area (Å²) in [6.45, 7) is -1.16. The quantitative estimate of drug-likeness (QED) is 0.184. The summed E-state index contributed by atoms with van der Waals surface area (Å²) in [7, 11) is 0. The standard InChI is InChI=1S/C12H25O9Se/c13-1-5(15)10(19)12(21)11(20)7(17)4-22-3-6(16)9(18)8(22)2-14/h5-21H,1-4H2/t5-,6+,7+,8+,9-,10+,11+,12+/m0/s1. The summed E-state index contributed by atoms with van der Waals surface area (Å²) in [4.78, 5) is -0.540. The predicted molar refractivity (Wildman–Crippen MR) is 75.3 cm³/mol. The third-order valence-corrected chi connectivity index (χ3v) is 9.75. The first-order valence-electron chi connectivity index (χ1n) is 6.89. The average molecular weight is 392 g/mol. The van der Waals surface area contributed by atoms with Gasteiger partial charge in [0, 0.05) is 0 Å². The van der Waals surface area contributed by atoms with Gasteiger partial charge in [0.1, 0.15) is 0 Å². The summed E-state index contributed by atoms with van der Waals surface area (Å²) in [6, 6.07) is 0. The summed E-state index contributed by atoms with van der Waals surface area (Å²) < 4.78 is 0. The van der Waals surface area contributed by atoms with Gasteiger partial charge < -0.3 is 0 Å². The first-order chi connectivity index (χ1) is 10.2. The molecule has 1 heterocycles. The van der Waals surface area contributed by atoms with Crippen LogP contribution in [0.5, 0.6) is 0 Å². The Morgan fingerprint density at radius 3 is 1.91 bits per heavy atom. The van der Waals surface area contributed by atoms with Gasteiger partial charge in [-0.25, -0.2) is 0 Å². The molecule has 1 fully saturated rings. The summed E-state index contributed by atoms with van der Waals surface area (Å²) in [5, 5.41) is 85.7. The minimum atomic E-state index is -1.87. The number of aliphatic hydroxyl groups is 9. The Labute approximate surface area is 132 Å². The predicted octanol–water partition coefficient (Wildman–Crippen LogP) is -4.62. The fourth-order valence-electron chi connectivity index (χ4n) is 2.37. The summed E-state index contributed by atoms with van der Waals surface area (Å²) in [5.41, 5.74) is 0. The van der Waals surface area contributed by atoms with E-state index in [1.807, 2.05) is 0 Å².